The van der Waals surface area contributed by atoms with Gasteiger partial charge in [0.1, 0.15) is 5.82 Å². The lowest BCUT2D eigenvalue weighted by Crippen LogP contribution is -1.91. The van der Waals surface area contributed by atoms with Crippen LogP contribution in [0.3, 0.4) is 0 Å². The molecular weight excluding hydrogens is 184 g/mol. The first-order valence-corrected chi connectivity index (χ1v) is 5.24. The van der Waals surface area contributed by atoms with Gasteiger partial charge in [0.2, 0.25) is 0 Å². The van der Waals surface area contributed by atoms with Crippen molar-refractivity contribution in [1.82, 2.24) is 9.97 Å². The van der Waals surface area contributed by atoms with Gasteiger partial charge in [-0.05, 0) is 25.3 Å². The van der Waals surface area contributed by atoms with Crippen LogP contribution in [0.25, 0.3) is 6.08 Å². The molecule has 1 aromatic heterocycles. The Morgan fingerprint density at radius 2 is 2.46 bits per heavy atom. The van der Waals surface area contributed by atoms with Gasteiger partial charge in [0.15, 0.2) is 0 Å². The molecule has 1 N–H and O–H groups in total. The van der Waals surface area contributed by atoms with Crippen molar-refractivity contribution in [3.63, 3.8) is 0 Å². The number of imidazole rings is 1. The van der Waals surface area contributed by atoms with Gasteiger partial charge in [-0.1, -0.05) is 6.08 Å². The maximum Gasteiger partial charge on any atom is 0.107 e. The van der Waals surface area contributed by atoms with Crippen LogP contribution < -0.4 is 0 Å². The number of allylic oxidation sites excluding steroid dienone is 1. The minimum Gasteiger partial charge on any atom is -0.345 e. The van der Waals surface area contributed by atoms with E-state index in [0.717, 1.165) is 37.2 Å². The molecule has 0 atom stereocenters. The summed E-state index contributed by atoms with van der Waals surface area (Å²) in [7, 11) is 0. The number of fused-ring (bicyclic) bond motifs is 1. The van der Waals surface area contributed by atoms with Crippen LogP contribution in [-0.4, -0.2) is 15.8 Å². The van der Waals surface area contributed by atoms with Crippen molar-refractivity contribution in [2.45, 2.75) is 25.7 Å². The maximum absolute atomic E-state index is 5.62. The minimum absolute atomic E-state index is 0.710. The van der Waals surface area contributed by atoms with Crippen molar-refractivity contribution in [2.24, 2.45) is 0 Å². The zero-order chi connectivity index (χ0) is 9.10. The fourth-order valence-corrected chi connectivity index (χ4v) is 1.72. The van der Waals surface area contributed by atoms with Crippen LogP contribution in [0.1, 0.15) is 30.1 Å². The highest BCUT2D eigenvalue weighted by Crippen LogP contribution is 2.16. The summed E-state index contributed by atoms with van der Waals surface area (Å²) in [6.45, 7) is 0. The van der Waals surface area contributed by atoms with E-state index in [1.165, 1.54) is 5.69 Å². The van der Waals surface area contributed by atoms with E-state index in [4.69, 9.17) is 11.6 Å². The van der Waals surface area contributed by atoms with Crippen molar-refractivity contribution in [3.8, 4) is 0 Å². The van der Waals surface area contributed by atoms with Gasteiger partial charge in [-0.3, -0.25) is 0 Å². The molecule has 13 heavy (non-hydrogen) atoms. The number of halogens is 1. The fourth-order valence-electron chi connectivity index (χ4n) is 1.58. The molecule has 0 saturated heterocycles. The lowest BCUT2D eigenvalue weighted by Gasteiger charge is -2.00. The zero-order valence-corrected chi connectivity index (χ0v) is 8.27. The Balaban J connectivity index is 2.12. The van der Waals surface area contributed by atoms with Gasteiger partial charge < -0.3 is 4.98 Å². The van der Waals surface area contributed by atoms with Gasteiger partial charge in [-0.25, -0.2) is 4.98 Å². The summed E-state index contributed by atoms with van der Waals surface area (Å²) >= 11 is 5.62. The van der Waals surface area contributed by atoms with Crippen LogP contribution in [0.2, 0.25) is 0 Å². The molecule has 70 valence electrons. The summed E-state index contributed by atoms with van der Waals surface area (Å²) in [5, 5.41) is 0. The Bertz CT molecular complexity index is 315. The average Bonchev–Trinajstić information content (AvgIpc) is 2.57. The van der Waals surface area contributed by atoms with E-state index in [9.17, 15) is 0 Å². The van der Waals surface area contributed by atoms with Crippen LogP contribution in [-0.2, 0) is 12.8 Å². The number of alkyl halides is 1. The molecule has 1 aromatic rings. The Kier molecular flexibility index (Phi) is 2.69. The number of hydrogen-bond donors (Lipinski definition) is 1. The number of H-pyrrole nitrogens is 1. The van der Waals surface area contributed by atoms with Gasteiger partial charge in [0, 0.05) is 18.0 Å². The average molecular weight is 197 g/mol. The van der Waals surface area contributed by atoms with Crippen molar-refractivity contribution in [1.29, 1.82) is 0 Å². The molecule has 0 aromatic carbocycles. The number of rotatable bonds is 3. The molecule has 1 aliphatic carbocycles. The van der Waals surface area contributed by atoms with Crippen LogP contribution in [0.5, 0.6) is 0 Å². The standard InChI is InChI=1S/C10H13ClN2/c11-7-3-6-10-12-8-4-1-2-5-9(8)13-10/h1,4H,2-3,5-7H2,(H,12,13). The molecule has 0 amide bonds. The summed E-state index contributed by atoms with van der Waals surface area (Å²) in [6.07, 6.45) is 8.46. The third-order valence-corrected chi connectivity index (χ3v) is 2.51. The minimum atomic E-state index is 0.710. The largest absolute Gasteiger partial charge is 0.345 e. The number of hydrogen-bond acceptors (Lipinski definition) is 1. The quantitative estimate of drug-likeness (QED) is 0.740. The van der Waals surface area contributed by atoms with Gasteiger partial charge in [0.05, 0.1) is 5.69 Å². The Hall–Kier alpha value is -0.760. The van der Waals surface area contributed by atoms with E-state index in [2.05, 4.69) is 22.1 Å². The molecule has 0 aliphatic heterocycles. The molecule has 1 heterocycles. The Morgan fingerprint density at radius 3 is 3.23 bits per heavy atom. The second-order valence-corrected chi connectivity index (χ2v) is 3.66. The molecule has 0 radical (unpaired) electrons. The molecule has 0 unspecified atom stereocenters. The van der Waals surface area contributed by atoms with Gasteiger partial charge >= 0.3 is 0 Å². The first-order valence-electron chi connectivity index (χ1n) is 4.70. The third-order valence-electron chi connectivity index (χ3n) is 2.24. The van der Waals surface area contributed by atoms with E-state index in [1.807, 2.05) is 0 Å². The smallest absolute Gasteiger partial charge is 0.107 e. The van der Waals surface area contributed by atoms with Crippen LogP contribution >= 0.6 is 11.6 Å². The highest BCUT2D eigenvalue weighted by atomic mass is 35.5. The number of aryl methyl sites for hydroxylation is 2. The van der Waals surface area contributed by atoms with E-state index in [1.54, 1.807) is 0 Å². The topological polar surface area (TPSA) is 28.7 Å². The molecule has 0 saturated carbocycles. The first-order chi connectivity index (χ1) is 6.40. The van der Waals surface area contributed by atoms with E-state index >= 15 is 0 Å². The fraction of sp³-hybridized carbons (Fsp3) is 0.500. The van der Waals surface area contributed by atoms with Crippen LogP contribution in [0, 0.1) is 0 Å². The predicted molar refractivity (Wildman–Crippen MR) is 55.0 cm³/mol. The molecule has 0 fully saturated rings. The summed E-state index contributed by atoms with van der Waals surface area (Å²) < 4.78 is 0. The van der Waals surface area contributed by atoms with Crippen molar-refractivity contribution in [2.75, 3.05) is 5.88 Å². The summed E-state index contributed by atoms with van der Waals surface area (Å²) in [4.78, 5) is 7.83. The van der Waals surface area contributed by atoms with Crippen molar-refractivity contribution in [3.05, 3.63) is 23.3 Å². The predicted octanol–water partition coefficient (Wildman–Crippen LogP) is 2.54. The zero-order valence-electron chi connectivity index (χ0n) is 7.52. The third kappa shape index (κ3) is 1.94. The van der Waals surface area contributed by atoms with Gasteiger partial charge in [0.25, 0.3) is 0 Å². The van der Waals surface area contributed by atoms with Gasteiger partial charge in [-0.15, -0.1) is 11.6 Å². The number of nitrogens with one attached hydrogen (secondary N) is 1. The second kappa shape index (κ2) is 3.97. The molecule has 2 rings (SSSR count). The molecule has 0 spiro atoms. The monoisotopic (exact) mass is 196 g/mol. The van der Waals surface area contributed by atoms with Crippen LogP contribution in [0.15, 0.2) is 6.08 Å². The summed E-state index contributed by atoms with van der Waals surface area (Å²) in [6, 6.07) is 0. The molecular formula is C10H13ClN2. The normalized spacial score (nSPS) is 14.5. The first kappa shape index (κ1) is 8.82. The lowest BCUT2D eigenvalue weighted by atomic mass is 10.1. The maximum atomic E-state index is 5.62. The number of aromatic nitrogens is 2. The SMILES string of the molecule is ClCCCc1nc2c([nH]1)CCC=C2. The Morgan fingerprint density at radius 1 is 1.54 bits per heavy atom. The lowest BCUT2D eigenvalue weighted by molar-refractivity contribution is 0.850. The van der Waals surface area contributed by atoms with Gasteiger partial charge in [-0.2, -0.15) is 0 Å². The van der Waals surface area contributed by atoms with Crippen LogP contribution in [0.4, 0.5) is 0 Å². The molecule has 1 aliphatic rings. The summed E-state index contributed by atoms with van der Waals surface area (Å²) in [5.41, 5.74) is 2.41. The molecule has 3 heteroatoms. The van der Waals surface area contributed by atoms with Crippen molar-refractivity contribution < 1.29 is 0 Å². The number of nitrogens with zero attached hydrogens (tertiary/aromatic N) is 1. The number of aromatic amines is 1. The van der Waals surface area contributed by atoms with E-state index in [-0.39, 0.29) is 0 Å². The Labute approximate surface area is 83.0 Å². The second-order valence-electron chi connectivity index (χ2n) is 3.28. The van der Waals surface area contributed by atoms with E-state index < -0.39 is 0 Å². The highest BCUT2D eigenvalue weighted by Gasteiger charge is 2.09. The highest BCUT2D eigenvalue weighted by molar-refractivity contribution is 6.17. The van der Waals surface area contributed by atoms with E-state index in [0.29, 0.717) is 5.88 Å². The molecule has 0 bridgehead atoms. The summed E-state index contributed by atoms with van der Waals surface area (Å²) in [5.74, 6) is 1.79. The molecule has 2 nitrogen and oxygen atoms in total. The van der Waals surface area contributed by atoms with Crippen molar-refractivity contribution >= 4 is 17.7 Å².